The largest absolute Gasteiger partial charge is 0.459 e. The van der Waals surface area contributed by atoms with Crippen molar-refractivity contribution in [1.82, 2.24) is 10.2 Å². The smallest absolute Gasteiger partial charge is 0.303 e. The van der Waals surface area contributed by atoms with Crippen molar-refractivity contribution in [2.75, 3.05) is 26.2 Å². The molecule has 1 N–H and O–H groups in total. The zero-order chi connectivity index (χ0) is 17.3. The van der Waals surface area contributed by atoms with Gasteiger partial charge in [-0.05, 0) is 55.9 Å². The van der Waals surface area contributed by atoms with Gasteiger partial charge in [-0.25, -0.2) is 0 Å². The fourth-order valence-electron chi connectivity index (χ4n) is 3.89. The first-order valence-electron chi connectivity index (χ1n) is 9.09. The lowest BCUT2D eigenvalue weighted by atomic mass is 9.88. The van der Waals surface area contributed by atoms with E-state index in [0.717, 1.165) is 45.6 Å². The minimum atomic E-state index is -0.284. The lowest BCUT2D eigenvalue weighted by molar-refractivity contribution is -0.159. The summed E-state index contributed by atoms with van der Waals surface area (Å²) in [5.41, 5.74) is 5.47. The van der Waals surface area contributed by atoms with Crippen LogP contribution in [0.2, 0.25) is 0 Å². The Hall–Kier alpha value is -1.39. The molecule has 2 aliphatic heterocycles. The molecule has 132 valence electrons. The molecule has 0 unspecified atom stereocenters. The number of piperidine rings is 1. The molecule has 1 aromatic rings. The number of benzene rings is 1. The molecule has 2 heterocycles. The normalized spacial score (nSPS) is 21.3. The summed E-state index contributed by atoms with van der Waals surface area (Å²) in [5, 5.41) is 3.36. The van der Waals surface area contributed by atoms with Crippen LogP contribution >= 0.6 is 0 Å². The van der Waals surface area contributed by atoms with Gasteiger partial charge in [0.25, 0.3) is 0 Å². The van der Waals surface area contributed by atoms with Gasteiger partial charge in [-0.3, -0.25) is 9.69 Å². The van der Waals surface area contributed by atoms with Crippen LogP contribution in [0.15, 0.2) is 12.1 Å². The topological polar surface area (TPSA) is 41.6 Å². The molecular weight excluding hydrogens is 300 g/mol. The Bertz CT molecular complexity index is 591. The van der Waals surface area contributed by atoms with Crippen LogP contribution < -0.4 is 5.32 Å². The number of nitrogens with zero attached hydrogens (tertiary/aromatic N) is 1. The number of carbonyl (C=O) groups is 1. The number of likely N-dealkylation sites (tertiary alicyclic amines) is 1. The molecule has 1 aromatic carbocycles. The number of nitrogens with one attached hydrogen (secondary N) is 1. The predicted molar refractivity (Wildman–Crippen MR) is 96.2 cm³/mol. The van der Waals surface area contributed by atoms with Crippen molar-refractivity contribution < 1.29 is 9.53 Å². The van der Waals surface area contributed by atoms with Crippen LogP contribution in [0.5, 0.6) is 0 Å². The van der Waals surface area contributed by atoms with E-state index in [4.69, 9.17) is 4.74 Å². The number of esters is 1. The van der Waals surface area contributed by atoms with E-state index in [1.54, 1.807) is 0 Å². The standard InChI is InChI=1S/C20H30N2O2/c1-14-9-17(18-11-21-12-18)10-15(2)19(14)13-22-7-5-20(4,6-8-22)24-16(3)23/h9-10,18,21H,5-8,11-13H2,1-4H3. The highest BCUT2D eigenvalue weighted by atomic mass is 16.6. The van der Waals surface area contributed by atoms with Gasteiger partial charge in [0.1, 0.15) is 5.60 Å². The van der Waals surface area contributed by atoms with Gasteiger partial charge in [0.15, 0.2) is 0 Å². The van der Waals surface area contributed by atoms with Crippen LogP contribution in [0.1, 0.15) is 54.9 Å². The molecule has 2 saturated heterocycles. The highest BCUT2D eigenvalue weighted by molar-refractivity contribution is 5.66. The summed E-state index contributed by atoms with van der Waals surface area (Å²) in [6.07, 6.45) is 1.83. The summed E-state index contributed by atoms with van der Waals surface area (Å²) in [6, 6.07) is 4.75. The maximum atomic E-state index is 11.3. The number of aryl methyl sites for hydroxylation is 2. The van der Waals surface area contributed by atoms with Crippen LogP contribution in [0.4, 0.5) is 0 Å². The van der Waals surface area contributed by atoms with E-state index in [9.17, 15) is 4.79 Å². The number of hydrogen-bond donors (Lipinski definition) is 1. The number of ether oxygens (including phenoxy) is 1. The average molecular weight is 330 g/mol. The van der Waals surface area contributed by atoms with E-state index in [0.29, 0.717) is 5.92 Å². The van der Waals surface area contributed by atoms with Gasteiger partial charge < -0.3 is 10.1 Å². The van der Waals surface area contributed by atoms with Gasteiger partial charge in [-0.2, -0.15) is 0 Å². The lowest BCUT2D eigenvalue weighted by Crippen LogP contribution is -2.44. The van der Waals surface area contributed by atoms with Gasteiger partial charge in [0.05, 0.1) is 0 Å². The van der Waals surface area contributed by atoms with E-state index in [1.807, 2.05) is 0 Å². The Morgan fingerprint density at radius 1 is 1.25 bits per heavy atom. The molecule has 4 nitrogen and oxygen atoms in total. The van der Waals surface area contributed by atoms with E-state index in [2.05, 4.69) is 43.1 Å². The summed E-state index contributed by atoms with van der Waals surface area (Å²) in [4.78, 5) is 13.7. The van der Waals surface area contributed by atoms with Gasteiger partial charge >= 0.3 is 5.97 Å². The van der Waals surface area contributed by atoms with Crippen LogP contribution in [0.3, 0.4) is 0 Å². The predicted octanol–water partition coefficient (Wildman–Crippen LogP) is 2.91. The first-order valence-corrected chi connectivity index (χ1v) is 9.09. The molecule has 2 aliphatic rings. The molecular formula is C20H30N2O2. The first kappa shape index (κ1) is 17.4. The first-order chi connectivity index (χ1) is 11.4. The molecule has 0 aromatic heterocycles. The van der Waals surface area contributed by atoms with Gasteiger partial charge in [0.2, 0.25) is 0 Å². The molecule has 24 heavy (non-hydrogen) atoms. The van der Waals surface area contributed by atoms with Gasteiger partial charge in [0, 0.05) is 45.6 Å². The van der Waals surface area contributed by atoms with E-state index < -0.39 is 0 Å². The summed E-state index contributed by atoms with van der Waals surface area (Å²) < 4.78 is 5.51. The molecule has 0 atom stereocenters. The quantitative estimate of drug-likeness (QED) is 0.862. The highest BCUT2D eigenvalue weighted by Gasteiger charge is 2.33. The Balaban J connectivity index is 1.63. The van der Waals surface area contributed by atoms with E-state index in [-0.39, 0.29) is 11.6 Å². The van der Waals surface area contributed by atoms with Crippen molar-refractivity contribution in [2.24, 2.45) is 0 Å². The molecule has 4 heteroatoms. The zero-order valence-corrected chi connectivity index (χ0v) is 15.4. The van der Waals surface area contributed by atoms with Crippen LogP contribution in [-0.4, -0.2) is 42.6 Å². The Morgan fingerprint density at radius 3 is 2.29 bits per heavy atom. The molecule has 0 amide bonds. The van der Waals surface area contributed by atoms with Gasteiger partial charge in [-0.15, -0.1) is 0 Å². The SMILES string of the molecule is CC(=O)OC1(C)CCN(Cc2c(C)cc(C3CNC3)cc2C)CC1. The number of hydrogen-bond acceptors (Lipinski definition) is 4. The second kappa shape index (κ2) is 6.85. The number of carbonyl (C=O) groups excluding carboxylic acids is 1. The second-order valence-electron chi connectivity index (χ2n) is 7.81. The highest BCUT2D eigenvalue weighted by Crippen LogP contribution is 2.29. The Labute approximate surface area is 145 Å². The fraction of sp³-hybridized carbons (Fsp3) is 0.650. The molecule has 0 bridgehead atoms. The second-order valence-corrected chi connectivity index (χ2v) is 7.81. The van der Waals surface area contributed by atoms with Crippen LogP contribution in [0.25, 0.3) is 0 Å². The van der Waals surface area contributed by atoms with Crippen molar-refractivity contribution >= 4 is 5.97 Å². The molecule has 2 fully saturated rings. The Morgan fingerprint density at radius 2 is 1.83 bits per heavy atom. The van der Waals surface area contributed by atoms with Crippen molar-refractivity contribution in [3.8, 4) is 0 Å². The molecule has 0 saturated carbocycles. The summed E-state index contributed by atoms with van der Waals surface area (Å²) in [6.45, 7) is 13.2. The minimum Gasteiger partial charge on any atom is -0.459 e. The van der Waals surface area contributed by atoms with Crippen molar-refractivity contribution in [1.29, 1.82) is 0 Å². The summed E-state index contributed by atoms with van der Waals surface area (Å²) in [7, 11) is 0. The third kappa shape index (κ3) is 3.81. The monoisotopic (exact) mass is 330 g/mol. The third-order valence-electron chi connectivity index (χ3n) is 5.66. The molecule has 0 aliphatic carbocycles. The summed E-state index contributed by atoms with van der Waals surface area (Å²) in [5.74, 6) is 0.523. The molecule has 0 spiro atoms. The fourth-order valence-corrected chi connectivity index (χ4v) is 3.89. The maximum absolute atomic E-state index is 11.3. The Kier molecular flexibility index (Phi) is 4.97. The third-order valence-corrected chi connectivity index (χ3v) is 5.66. The molecule has 0 radical (unpaired) electrons. The average Bonchev–Trinajstić information content (AvgIpc) is 2.42. The minimum absolute atomic E-state index is 0.168. The van der Waals surface area contributed by atoms with E-state index in [1.165, 1.54) is 29.2 Å². The van der Waals surface area contributed by atoms with Crippen molar-refractivity contribution in [3.05, 3.63) is 34.4 Å². The maximum Gasteiger partial charge on any atom is 0.303 e. The lowest BCUT2D eigenvalue weighted by Gasteiger charge is -2.39. The molecule has 3 rings (SSSR count). The van der Waals surface area contributed by atoms with E-state index >= 15 is 0 Å². The zero-order valence-electron chi connectivity index (χ0n) is 15.4. The number of rotatable bonds is 4. The van der Waals surface area contributed by atoms with Crippen LogP contribution in [0, 0.1) is 13.8 Å². The van der Waals surface area contributed by atoms with Crippen molar-refractivity contribution in [3.63, 3.8) is 0 Å². The summed E-state index contributed by atoms with van der Waals surface area (Å²) >= 11 is 0. The van der Waals surface area contributed by atoms with Crippen LogP contribution in [-0.2, 0) is 16.1 Å². The van der Waals surface area contributed by atoms with Crippen molar-refractivity contribution in [2.45, 2.75) is 58.6 Å². The van der Waals surface area contributed by atoms with Gasteiger partial charge in [-0.1, -0.05) is 12.1 Å².